The second-order valence-corrected chi connectivity index (χ2v) is 2.93. The van der Waals surface area contributed by atoms with Gasteiger partial charge in [0.1, 0.15) is 5.60 Å². The standard InChI is InChI=1S/C6H10O4/c7-5-4-1-9-2-6(4,8)3-10-5/h4-5,7-8H,1-3H2/t4?,5-,6+/m1/s1. The van der Waals surface area contributed by atoms with Crippen molar-refractivity contribution in [1.29, 1.82) is 0 Å². The Bertz CT molecular complexity index is 149. The van der Waals surface area contributed by atoms with Gasteiger partial charge < -0.3 is 19.7 Å². The van der Waals surface area contributed by atoms with Crippen molar-refractivity contribution in [3.63, 3.8) is 0 Å². The first kappa shape index (κ1) is 6.54. The van der Waals surface area contributed by atoms with E-state index in [1.165, 1.54) is 0 Å². The van der Waals surface area contributed by atoms with Crippen molar-refractivity contribution >= 4 is 0 Å². The van der Waals surface area contributed by atoms with Gasteiger partial charge in [-0.1, -0.05) is 0 Å². The molecule has 2 saturated heterocycles. The van der Waals surface area contributed by atoms with Crippen LogP contribution >= 0.6 is 0 Å². The monoisotopic (exact) mass is 146 g/mol. The second kappa shape index (κ2) is 1.92. The molecule has 2 rings (SSSR count). The van der Waals surface area contributed by atoms with Crippen LogP contribution in [0.25, 0.3) is 0 Å². The zero-order chi connectivity index (χ0) is 7.19. The average Bonchev–Trinajstić information content (AvgIpc) is 2.35. The second-order valence-electron chi connectivity index (χ2n) is 2.93. The Hall–Kier alpha value is -0.160. The molecule has 2 aliphatic rings. The first-order chi connectivity index (χ1) is 4.72. The summed E-state index contributed by atoms with van der Waals surface area (Å²) in [4.78, 5) is 0. The van der Waals surface area contributed by atoms with Crippen LogP contribution in [0, 0.1) is 5.92 Å². The number of aliphatic hydroxyl groups excluding tert-OH is 1. The van der Waals surface area contributed by atoms with Crippen LogP contribution < -0.4 is 0 Å². The summed E-state index contributed by atoms with van der Waals surface area (Å²) in [6.07, 6.45) is -0.840. The lowest BCUT2D eigenvalue weighted by Crippen LogP contribution is -2.37. The lowest BCUT2D eigenvalue weighted by atomic mass is 9.94. The molecular formula is C6H10O4. The van der Waals surface area contributed by atoms with Crippen molar-refractivity contribution in [2.75, 3.05) is 19.8 Å². The smallest absolute Gasteiger partial charge is 0.162 e. The minimum atomic E-state index is -0.917. The Kier molecular flexibility index (Phi) is 1.25. The van der Waals surface area contributed by atoms with Gasteiger partial charge in [0, 0.05) is 0 Å². The fourth-order valence-electron chi connectivity index (χ4n) is 1.47. The summed E-state index contributed by atoms with van der Waals surface area (Å²) in [5.41, 5.74) is -0.917. The highest BCUT2D eigenvalue weighted by Crippen LogP contribution is 2.34. The van der Waals surface area contributed by atoms with Gasteiger partial charge in [0.15, 0.2) is 6.29 Å². The topological polar surface area (TPSA) is 58.9 Å². The molecule has 4 heteroatoms. The zero-order valence-electron chi connectivity index (χ0n) is 5.49. The molecule has 2 fully saturated rings. The van der Waals surface area contributed by atoms with Crippen molar-refractivity contribution < 1.29 is 19.7 Å². The summed E-state index contributed by atoms with van der Waals surface area (Å²) in [5, 5.41) is 18.7. The van der Waals surface area contributed by atoms with Crippen LogP contribution in [-0.2, 0) is 9.47 Å². The predicted molar refractivity (Wildman–Crippen MR) is 31.2 cm³/mol. The van der Waals surface area contributed by atoms with Gasteiger partial charge in [0.25, 0.3) is 0 Å². The molecule has 0 aromatic heterocycles. The Balaban J connectivity index is 2.19. The molecule has 2 N–H and O–H groups in total. The van der Waals surface area contributed by atoms with Crippen LogP contribution in [0.1, 0.15) is 0 Å². The molecule has 0 aliphatic carbocycles. The van der Waals surface area contributed by atoms with Crippen molar-refractivity contribution in [1.82, 2.24) is 0 Å². The molecule has 1 unspecified atom stereocenters. The van der Waals surface area contributed by atoms with E-state index in [1.807, 2.05) is 0 Å². The van der Waals surface area contributed by atoms with Gasteiger partial charge in [-0.2, -0.15) is 0 Å². The summed E-state index contributed by atoms with van der Waals surface area (Å²) in [6.45, 7) is 0.880. The van der Waals surface area contributed by atoms with E-state index in [1.54, 1.807) is 0 Å². The first-order valence-electron chi connectivity index (χ1n) is 3.32. The van der Waals surface area contributed by atoms with Gasteiger partial charge in [0.05, 0.1) is 25.7 Å². The van der Waals surface area contributed by atoms with E-state index >= 15 is 0 Å². The number of hydrogen-bond donors (Lipinski definition) is 2. The van der Waals surface area contributed by atoms with Crippen LogP contribution in [0.4, 0.5) is 0 Å². The lowest BCUT2D eigenvalue weighted by Gasteiger charge is -2.16. The predicted octanol–water partition coefficient (Wildman–Crippen LogP) is -1.29. The molecule has 0 radical (unpaired) electrons. The third-order valence-electron chi connectivity index (χ3n) is 2.19. The molecule has 10 heavy (non-hydrogen) atoms. The van der Waals surface area contributed by atoms with Gasteiger partial charge >= 0.3 is 0 Å². The largest absolute Gasteiger partial charge is 0.384 e. The zero-order valence-corrected chi connectivity index (χ0v) is 5.49. The quantitative estimate of drug-likeness (QED) is 0.446. The number of rotatable bonds is 0. The number of fused-ring (bicyclic) bond motifs is 1. The summed E-state index contributed by atoms with van der Waals surface area (Å²) < 4.78 is 9.84. The Morgan fingerprint density at radius 1 is 1.40 bits per heavy atom. The molecule has 0 aromatic rings. The summed E-state index contributed by atoms with van der Waals surface area (Å²) in [7, 11) is 0. The number of hydrogen-bond acceptors (Lipinski definition) is 4. The molecule has 2 heterocycles. The highest BCUT2D eigenvalue weighted by atomic mass is 16.6. The van der Waals surface area contributed by atoms with Crippen molar-refractivity contribution in [2.45, 2.75) is 11.9 Å². The fraction of sp³-hybridized carbons (Fsp3) is 1.00. The van der Waals surface area contributed by atoms with Gasteiger partial charge in [-0.25, -0.2) is 0 Å². The van der Waals surface area contributed by atoms with E-state index in [4.69, 9.17) is 14.6 Å². The fourth-order valence-corrected chi connectivity index (χ4v) is 1.47. The van der Waals surface area contributed by atoms with Crippen molar-refractivity contribution in [3.05, 3.63) is 0 Å². The van der Waals surface area contributed by atoms with E-state index in [0.29, 0.717) is 6.61 Å². The molecule has 3 atom stereocenters. The van der Waals surface area contributed by atoms with E-state index in [0.717, 1.165) is 0 Å². The third kappa shape index (κ3) is 0.703. The maximum absolute atomic E-state index is 9.59. The first-order valence-corrected chi connectivity index (χ1v) is 3.32. The van der Waals surface area contributed by atoms with Crippen LogP contribution in [0.2, 0.25) is 0 Å². The van der Waals surface area contributed by atoms with E-state index in [2.05, 4.69) is 0 Å². The van der Waals surface area contributed by atoms with Crippen LogP contribution in [0.5, 0.6) is 0 Å². The third-order valence-corrected chi connectivity index (χ3v) is 2.19. The minimum Gasteiger partial charge on any atom is -0.384 e. The van der Waals surface area contributed by atoms with E-state index < -0.39 is 11.9 Å². The maximum atomic E-state index is 9.59. The SMILES string of the molecule is O[C@@H]1OC[C@@]2(O)COCC12. The molecule has 0 bridgehead atoms. The number of aliphatic hydroxyl groups is 2. The summed E-state index contributed by atoms with van der Waals surface area (Å²) in [6, 6.07) is 0. The number of ether oxygens (including phenoxy) is 2. The van der Waals surface area contributed by atoms with Gasteiger partial charge in [0.2, 0.25) is 0 Å². The van der Waals surface area contributed by atoms with Crippen molar-refractivity contribution in [3.8, 4) is 0 Å². The lowest BCUT2D eigenvalue weighted by molar-refractivity contribution is -0.0927. The Morgan fingerprint density at radius 2 is 2.20 bits per heavy atom. The van der Waals surface area contributed by atoms with Crippen LogP contribution in [0.3, 0.4) is 0 Å². The minimum absolute atomic E-state index is 0.193. The molecule has 0 amide bonds. The van der Waals surface area contributed by atoms with Gasteiger partial charge in [-0.05, 0) is 0 Å². The van der Waals surface area contributed by atoms with E-state index in [-0.39, 0.29) is 19.1 Å². The molecule has 4 nitrogen and oxygen atoms in total. The van der Waals surface area contributed by atoms with Gasteiger partial charge in [-0.15, -0.1) is 0 Å². The Labute approximate surface area is 58.4 Å². The molecular weight excluding hydrogens is 136 g/mol. The molecule has 0 spiro atoms. The molecule has 0 saturated carbocycles. The highest BCUT2D eigenvalue weighted by Gasteiger charge is 2.52. The van der Waals surface area contributed by atoms with Gasteiger partial charge in [-0.3, -0.25) is 0 Å². The molecule has 2 aliphatic heterocycles. The summed E-state index contributed by atoms with van der Waals surface area (Å²) in [5.74, 6) is -0.243. The Morgan fingerprint density at radius 3 is 2.90 bits per heavy atom. The normalized spacial score (nSPS) is 53.4. The van der Waals surface area contributed by atoms with E-state index in [9.17, 15) is 5.11 Å². The van der Waals surface area contributed by atoms with Crippen molar-refractivity contribution in [2.24, 2.45) is 5.92 Å². The summed E-state index contributed by atoms with van der Waals surface area (Å²) >= 11 is 0. The molecule has 58 valence electrons. The average molecular weight is 146 g/mol. The molecule has 0 aromatic carbocycles. The highest BCUT2D eigenvalue weighted by molar-refractivity contribution is 4.96. The maximum Gasteiger partial charge on any atom is 0.162 e. The van der Waals surface area contributed by atoms with Crippen LogP contribution in [0.15, 0.2) is 0 Å². The van der Waals surface area contributed by atoms with Crippen LogP contribution in [-0.4, -0.2) is 41.9 Å².